The third-order valence-corrected chi connectivity index (χ3v) is 2.99. The third kappa shape index (κ3) is 3.41. The molecule has 90 valence electrons. The maximum atomic E-state index is 13.3. The Labute approximate surface area is 101 Å². The van der Waals surface area contributed by atoms with Gasteiger partial charge in [0, 0.05) is 18.5 Å². The predicted molar refractivity (Wildman–Crippen MR) is 64.7 cm³/mol. The van der Waals surface area contributed by atoms with E-state index in [4.69, 9.17) is 0 Å². The van der Waals surface area contributed by atoms with Gasteiger partial charge in [0.2, 0.25) is 5.91 Å². The van der Waals surface area contributed by atoms with E-state index in [1.54, 1.807) is 18.2 Å². The molecule has 1 atom stereocenters. The molecular formula is C14H16FNO. The molecule has 0 aromatic heterocycles. The van der Waals surface area contributed by atoms with E-state index < -0.39 is 0 Å². The van der Waals surface area contributed by atoms with Gasteiger partial charge in [-0.05, 0) is 24.8 Å². The summed E-state index contributed by atoms with van der Waals surface area (Å²) in [4.78, 5) is 11.6. The highest BCUT2D eigenvalue weighted by Gasteiger charge is 2.13. The predicted octanol–water partition coefficient (Wildman–Crippen LogP) is 2.80. The van der Waals surface area contributed by atoms with Crippen molar-refractivity contribution in [1.29, 1.82) is 0 Å². The second-order valence-corrected chi connectivity index (χ2v) is 4.34. The fourth-order valence-electron chi connectivity index (χ4n) is 2.01. The van der Waals surface area contributed by atoms with Crippen molar-refractivity contribution in [2.45, 2.75) is 25.8 Å². The van der Waals surface area contributed by atoms with E-state index >= 15 is 0 Å². The first kappa shape index (κ1) is 11.8. The average molecular weight is 233 g/mol. The second kappa shape index (κ2) is 5.62. The highest BCUT2D eigenvalue weighted by Crippen LogP contribution is 2.20. The summed E-state index contributed by atoms with van der Waals surface area (Å²) in [5.74, 6) is 0.0778. The van der Waals surface area contributed by atoms with Crippen molar-refractivity contribution in [2.24, 2.45) is 5.92 Å². The van der Waals surface area contributed by atoms with Crippen molar-refractivity contribution in [3.8, 4) is 0 Å². The van der Waals surface area contributed by atoms with Crippen LogP contribution in [0.25, 0.3) is 0 Å². The molecule has 0 bridgehead atoms. The van der Waals surface area contributed by atoms with Crippen LogP contribution in [-0.4, -0.2) is 5.91 Å². The zero-order valence-electron chi connectivity index (χ0n) is 9.66. The molecule has 1 aromatic carbocycles. The molecule has 1 aliphatic carbocycles. The minimum Gasteiger partial charge on any atom is -0.352 e. The summed E-state index contributed by atoms with van der Waals surface area (Å²) >= 11 is 0. The van der Waals surface area contributed by atoms with E-state index in [-0.39, 0.29) is 18.3 Å². The monoisotopic (exact) mass is 233 g/mol. The fourth-order valence-corrected chi connectivity index (χ4v) is 2.01. The molecule has 2 nitrogen and oxygen atoms in total. The maximum absolute atomic E-state index is 13.3. The molecule has 17 heavy (non-hydrogen) atoms. The Morgan fingerprint density at radius 2 is 2.24 bits per heavy atom. The number of halogens is 1. The summed E-state index contributed by atoms with van der Waals surface area (Å²) in [5.41, 5.74) is 0.530. The Kier molecular flexibility index (Phi) is 3.91. The maximum Gasteiger partial charge on any atom is 0.220 e. The first-order valence-electron chi connectivity index (χ1n) is 5.92. The number of rotatable bonds is 4. The molecule has 0 aliphatic heterocycles. The largest absolute Gasteiger partial charge is 0.352 e. The molecule has 0 saturated heterocycles. The summed E-state index contributed by atoms with van der Waals surface area (Å²) in [5, 5.41) is 2.75. The van der Waals surface area contributed by atoms with Crippen LogP contribution in [0.4, 0.5) is 4.39 Å². The van der Waals surface area contributed by atoms with Crippen molar-refractivity contribution in [3.63, 3.8) is 0 Å². The molecule has 2 rings (SSSR count). The Morgan fingerprint density at radius 3 is 2.94 bits per heavy atom. The quantitative estimate of drug-likeness (QED) is 0.796. The highest BCUT2D eigenvalue weighted by molar-refractivity contribution is 5.76. The zero-order chi connectivity index (χ0) is 12.1. The lowest BCUT2D eigenvalue weighted by molar-refractivity contribution is -0.121. The number of hydrogen-bond donors (Lipinski definition) is 1. The van der Waals surface area contributed by atoms with Gasteiger partial charge in [-0.1, -0.05) is 30.4 Å². The van der Waals surface area contributed by atoms with Gasteiger partial charge in [-0.2, -0.15) is 0 Å². The van der Waals surface area contributed by atoms with E-state index in [0.29, 0.717) is 17.9 Å². The van der Waals surface area contributed by atoms with Gasteiger partial charge in [-0.25, -0.2) is 4.39 Å². The van der Waals surface area contributed by atoms with E-state index in [2.05, 4.69) is 17.5 Å². The Bertz CT molecular complexity index is 428. The molecule has 0 spiro atoms. The van der Waals surface area contributed by atoms with Gasteiger partial charge in [0.05, 0.1) is 0 Å². The first-order chi connectivity index (χ1) is 8.25. The summed E-state index contributed by atoms with van der Waals surface area (Å²) in [7, 11) is 0. The van der Waals surface area contributed by atoms with Crippen molar-refractivity contribution >= 4 is 5.91 Å². The van der Waals surface area contributed by atoms with Crippen LogP contribution in [0.1, 0.15) is 24.8 Å². The van der Waals surface area contributed by atoms with Crippen LogP contribution in [-0.2, 0) is 11.3 Å². The summed E-state index contributed by atoms with van der Waals surface area (Å²) in [6.45, 7) is 0.266. The van der Waals surface area contributed by atoms with Gasteiger partial charge in [0.25, 0.3) is 0 Å². The van der Waals surface area contributed by atoms with Crippen LogP contribution in [0.2, 0.25) is 0 Å². The van der Waals surface area contributed by atoms with Crippen LogP contribution >= 0.6 is 0 Å². The van der Waals surface area contributed by atoms with Crippen LogP contribution in [0.15, 0.2) is 36.4 Å². The lowest BCUT2D eigenvalue weighted by atomic mass is 10.1. The molecule has 0 saturated carbocycles. The molecule has 0 radical (unpaired) electrons. The fraction of sp³-hybridized carbons (Fsp3) is 0.357. The van der Waals surface area contributed by atoms with Gasteiger partial charge in [-0.15, -0.1) is 0 Å². The average Bonchev–Trinajstić information content (AvgIpc) is 2.81. The molecule has 0 fully saturated rings. The first-order valence-corrected chi connectivity index (χ1v) is 5.92. The second-order valence-electron chi connectivity index (χ2n) is 4.34. The minimum atomic E-state index is -0.270. The van der Waals surface area contributed by atoms with Crippen molar-refractivity contribution in [3.05, 3.63) is 47.8 Å². The summed E-state index contributed by atoms with van der Waals surface area (Å²) in [6.07, 6.45) is 6.81. The topological polar surface area (TPSA) is 29.1 Å². The summed E-state index contributed by atoms with van der Waals surface area (Å²) in [6, 6.07) is 6.50. The molecule has 1 N–H and O–H groups in total. The van der Waals surface area contributed by atoms with E-state index in [1.807, 2.05) is 0 Å². The van der Waals surface area contributed by atoms with Gasteiger partial charge in [-0.3, -0.25) is 4.79 Å². The number of nitrogens with one attached hydrogen (secondary N) is 1. The minimum absolute atomic E-state index is 0.00944. The van der Waals surface area contributed by atoms with Gasteiger partial charge in [0.1, 0.15) is 5.82 Å². The van der Waals surface area contributed by atoms with E-state index in [9.17, 15) is 9.18 Å². The number of benzene rings is 1. The number of carbonyl (C=O) groups excluding carboxylic acids is 1. The standard InChI is InChI=1S/C14H16FNO/c15-13-8-4-3-7-12(13)10-16-14(17)9-11-5-1-2-6-11/h1,3-5,7-8,11H,2,6,9-10H2,(H,16,17)/t11-/m1/s1. The van der Waals surface area contributed by atoms with Gasteiger partial charge in [0.15, 0.2) is 0 Å². The molecule has 0 unspecified atom stereocenters. The molecule has 1 aromatic rings. The number of hydrogen-bond acceptors (Lipinski definition) is 1. The lowest BCUT2D eigenvalue weighted by Gasteiger charge is -2.09. The molecule has 0 heterocycles. The van der Waals surface area contributed by atoms with Crippen molar-refractivity contribution in [2.75, 3.05) is 0 Å². The third-order valence-electron chi connectivity index (χ3n) is 2.99. The van der Waals surface area contributed by atoms with Crippen LogP contribution in [0.5, 0.6) is 0 Å². The van der Waals surface area contributed by atoms with Crippen LogP contribution in [0, 0.1) is 11.7 Å². The number of carbonyl (C=O) groups is 1. The van der Waals surface area contributed by atoms with Crippen LogP contribution < -0.4 is 5.32 Å². The Hall–Kier alpha value is -1.64. The van der Waals surface area contributed by atoms with Crippen LogP contribution in [0.3, 0.4) is 0 Å². The smallest absolute Gasteiger partial charge is 0.220 e. The van der Waals surface area contributed by atoms with Crippen molar-refractivity contribution < 1.29 is 9.18 Å². The van der Waals surface area contributed by atoms with E-state index in [0.717, 1.165) is 12.8 Å². The van der Waals surface area contributed by atoms with Crippen molar-refractivity contribution in [1.82, 2.24) is 5.32 Å². The van der Waals surface area contributed by atoms with Gasteiger partial charge >= 0.3 is 0 Å². The normalized spacial score (nSPS) is 18.3. The zero-order valence-corrected chi connectivity index (χ0v) is 9.66. The Balaban J connectivity index is 1.80. The molecule has 3 heteroatoms. The Morgan fingerprint density at radius 1 is 1.41 bits per heavy atom. The number of allylic oxidation sites excluding steroid dienone is 2. The molecular weight excluding hydrogens is 217 g/mol. The molecule has 1 aliphatic rings. The number of amides is 1. The highest BCUT2D eigenvalue weighted by atomic mass is 19.1. The van der Waals surface area contributed by atoms with Gasteiger partial charge < -0.3 is 5.32 Å². The SMILES string of the molecule is O=C(C[C@@H]1C=CCC1)NCc1ccccc1F. The van der Waals surface area contributed by atoms with E-state index in [1.165, 1.54) is 6.07 Å². The lowest BCUT2D eigenvalue weighted by Crippen LogP contribution is -2.24. The summed E-state index contributed by atoms with van der Waals surface area (Å²) < 4.78 is 13.3. The molecule has 1 amide bonds.